The van der Waals surface area contributed by atoms with Gasteiger partial charge in [0.05, 0.1) is 41.8 Å². The van der Waals surface area contributed by atoms with E-state index in [2.05, 4.69) is 29.2 Å². The lowest BCUT2D eigenvalue weighted by Crippen LogP contribution is -2.49. The molecule has 1 aromatic rings. The minimum absolute atomic E-state index is 0.0819. The standard InChI is InChI=1S/C24H32Cl2N2O3/c1-27(24(29)15-18-8-9-21(25)22(26)14-18)23(19-6-4-3-5-7-19)17-28-11-10-20(16-28)31-13-12-30-2/h3-6,8-9,14,19-20,23H,7,10-13,15-17H2,1-2H3/t19?,20-,23+/m0/s1. The Hall–Kier alpha value is -1.37. The van der Waals surface area contributed by atoms with Gasteiger partial charge in [-0.15, -0.1) is 0 Å². The average Bonchev–Trinajstić information content (AvgIpc) is 3.22. The van der Waals surface area contributed by atoms with Crippen molar-refractivity contribution in [1.82, 2.24) is 9.80 Å². The average molecular weight is 467 g/mol. The molecule has 0 bridgehead atoms. The lowest BCUT2D eigenvalue weighted by Gasteiger charge is -2.36. The molecule has 7 heteroatoms. The highest BCUT2D eigenvalue weighted by molar-refractivity contribution is 6.42. The van der Waals surface area contributed by atoms with Crippen LogP contribution in [-0.4, -0.2) is 74.9 Å². The summed E-state index contributed by atoms with van der Waals surface area (Å²) in [6.45, 7) is 3.94. The number of nitrogens with zero attached hydrogens (tertiary/aromatic N) is 2. The van der Waals surface area contributed by atoms with Crippen LogP contribution in [0, 0.1) is 5.92 Å². The van der Waals surface area contributed by atoms with Crippen molar-refractivity contribution in [2.75, 3.05) is 47.0 Å². The molecule has 31 heavy (non-hydrogen) atoms. The van der Waals surface area contributed by atoms with E-state index in [1.165, 1.54) is 0 Å². The number of carbonyl (C=O) groups is 1. The largest absolute Gasteiger partial charge is 0.382 e. The third-order valence-corrected chi connectivity index (χ3v) is 6.79. The van der Waals surface area contributed by atoms with Crippen LogP contribution in [-0.2, 0) is 20.7 Å². The second-order valence-corrected chi connectivity index (χ2v) is 9.06. The fraction of sp³-hybridized carbons (Fsp3) is 0.542. The van der Waals surface area contributed by atoms with Crippen LogP contribution in [0.3, 0.4) is 0 Å². The van der Waals surface area contributed by atoms with Crippen LogP contribution in [0.15, 0.2) is 42.5 Å². The molecule has 1 aromatic carbocycles. The predicted octanol–water partition coefficient (Wildman–Crippen LogP) is 4.23. The smallest absolute Gasteiger partial charge is 0.227 e. The second-order valence-electron chi connectivity index (χ2n) is 8.24. The summed E-state index contributed by atoms with van der Waals surface area (Å²) in [6, 6.07) is 5.47. The summed E-state index contributed by atoms with van der Waals surface area (Å²) in [5.74, 6) is 0.375. The van der Waals surface area contributed by atoms with Crippen LogP contribution in [0.5, 0.6) is 0 Å². The summed E-state index contributed by atoms with van der Waals surface area (Å²) < 4.78 is 11.0. The molecule has 1 fully saturated rings. The van der Waals surface area contributed by atoms with Gasteiger partial charge in [0.1, 0.15) is 0 Å². The number of methoxy groups -OCH3 is 1. The van der Waals surface area contributed by atoms with Crippen molar-refractivity contribution in [3.05, 3.63) is 58.1 Å². The number of benzene rings is 1. The van der Waals surface area contributed by atoms with Crippen molar-refractivity contribution in [3.63, 3.8) is 0 Å². The lowest BCUT2D eigenvalue weighted by molar-refractivity contribution is -0.132. The quantitative estimate of drug-likeness (QED) is 0.483. The lowest BCUT2D eigenvalue weighted by atomic mass is 9.91. The van der Waals surface area contributed by atoms with Crippen molar-refractivity contribution < 1.29 is 14.3 Å². The molecule has 1 heterocycles. The molecule has 170 valence electrons. The number of ether oxygens (including phenoxy) is 2. The molecule has 1 amide bonds. The number of hydrogen-bond acceptors (Lipinski definition) is 4. The highest BCUT2D eigenvalue weighted by atomic mass is 35.5. The molecule has 3 atom stereocenters. The van der Waals surface area contributed by atoms with E-state index in [1.807, 2.05) is 18.0 Å². The van der Waals surface area contributed by atoms with Gasteiger partial charge in [0.25, 0.3) is 0 Å². The predicted molar refractivity (Wildman–Crippen MR) is 126 cm³/mol. The highest BCUT2D eigenvalue weighted by Crippen LogP contribution is 2.26. The van der Waals surface area contributed by atoms with Crippen LogP contribution < -0.4 is 0 Å². The molecule has 0 saturated carbocycles. The van der Waals surface area contributed by atoms with Crippen molar-refractivity contribution in [3.8, 4) is 0 Å². The minimum atomic E-state index is 0.0819. The van der Waals surface area contributed by atoms with Crippen LogP contribution in [0.2, 0.25) is 10.0 Å². The number of likely N-dealkylation sites (N-methyl/N-ethyl adjacent to an activating group) is 1. The van der Waals surface area contributed by atoms with Gasteiger partial charge in [-0.1, -0.05) is 53.6 Å². The Morgan fingerprint density at radius 3 is 2.81 bits per heavy atom. The zero-order valence-corrected chi connectivity index (χ0v) is 19.8. The second kappa shape index (κ2) is 12.0. The number of allylic oxidation sites excluding steroid dienone is 3. The summed E-state index contributed by atoms with van der Waals surface area (Å²) >= 11 is 12.1. The Bertz CT molecular complexity index is 799. The van der Waals surface area contributed by atoms with Crippen molar-refractivity contribution in [2.45, 2.75) is 31.4 Å². The van der Waals surface area contributed by atoms with Gasteiger partial charge in [0, 0.05) is 39.7 Å². The molecule has 1 unspecified atom stereocenters. The maximum atomic E-state index is 13.2. The monoisotopic (exact) mass is 466 g/mol. The van der Waals surface area contributed by atoms with Gasteiger partial charge < -0.3 is 14.4 Å². The van der Waals surface area contributed by atoms with Gasteiger partial charge >= 0.3 is 0 Å². The fourth-order valence-electron chi connectivity index (χ4n) is 4.23. The van der Waals surface area contributed by atoms with E-state index < -0.39 is 0 Å². The molecule has 1 saturated heterocycles. The SMILES string of the molecule is COCCO[C@H]1CCN(C[C@H](C2C=CC=CC2)N(C)C(=O)Cc2ccc(Cl)c(Cl)c2)C1. The molecule has 1 aliphatic carbocycles. The van der Waals surface area contributed by atoms with Gasteiger partial charge in [0.15, 0.2) is 0 Å². The van der Waals surface area contributed by atoms with E-state index in [9.17, 15) is 4.79 Å². The van der Waals surface area contributed by atoms with Crippen LogP contribution in [0.4, 0.5) is 0 Å². The van der Waals surface area contributed by atoms with Crippen LogP contribution in [0.25, 0.3) is 0 Å². The third kappa shape index (κ3) is 7.06. The van der Waals surface area contributed by atoms with E-state index in [1.54, 1.807) is 19.2 Å². The van der Waals surface area contributed by atoms with Gasteiger partial charge in [-0.25, -0.2) is 0 Å². The van der Waals surface area contributed by atoms with Crippen LogP contribution in [0.1, 0.15) is 18.4 Å². The van der Waals surface area contributed by atoms with E-state index in [0.717, 1.165) is 38.0 Å². The number of likely N-dealkylation sites (tertiary alicyclic amines) is 1. The third-order valence-electron chi connectivity index (χ3n) is 6.05. The van der Waals surface area contributed by atoms with Crippen molar-refractivity contribution >= 4 is 29.1 Å². The maximum Gasteiger partial charge on any atom is 0.227 e. The normalized spacial score (nSPS) is 22.1. The zero-order chi connectivity index (χ0) is 22.2. The molecule has 0 N–H and O–H groups in total. The molecule has 0 radical (unpaired) electrons. The van der Waals surface area contributed by atoms with E-state index >= 15 is 0 Å². The molecule has 0 spiro atoms. The Morgan fingerprint density at radius 2 is 2.10 bits per heavy atom. The van der Waals surface area contributed by atoms with Gasteiger partial charge in [-0.05, 0) is 30.5 Å². The molecular weight excluding hydrogens is 435 g/mol. The number of amides is 1. The number of hydrogen-bond donors (Lipinski definition) is 0. The fourth-order valence-corrected chi connectivity index (χ4v) is 4.55. The number of halogens is 2. The molecule has 3 rings (SSSR count). The summed E-state index contributed by atoms with van der Waals surface area (Å²) in [5.41, 5.74) is 0.872. The Kier molecular flexibility index (Phi) is 9.42. The summed E-state index contributed by atoms with van der Waals surface area (Å²) in [6.07, 6.45) is 11.0. The summed E-state index contributed by atoms with van der Waals surface area (Å²) in [7, 11) is 3.60. The topological polar surface area (TPSA) is 42.0 Å². The van der Waals surface area contributed by atoms with Crippen molar-refractivity contribution in [1.29, 1.82) is 0 Å². The number of rotatable bonds is 10. The van der Waals surface area contributed by atoms with Gasteiger partial charge in [-0.2, -0.15) is 0 Å². The first kappa shape index (κ1) is 24.3. The first-order valence-corrected chi connectivity index (χ1v) is 11.6. The van der Waals surface area contributed by atoms with Gasteiger partial charge in [0.2, 0.25) is 5.91 Å². The minimum Gasteiger partial charge on any atom is -0.382 e. The van der Waals surface area contributed by atoms with Crippen molar-refractivity contribution in [2.24, 2.45) is 5.92 Å². The van der Waals surface area contributed by atoms with Gasteiger partial charge in [-0.3, -0.25) is 9.69 Å². The van der Waals surface area contributed by atoms with Crippen LogP contribution >= 0.6 is 23.2 Å². The highest BCUT2D eigenvalue weighted by Gasteiger charge is 2.32. The Labute approximate surface area is 195 Å². The summed E-state index contributed by atoms with van der Waals surface area (Å²) in [5, 5.41) is 0.975. The zero-order valence-electron chi connectivity index (χ0n) is 18.3. The first-order chi connectivity index (χ1) is 15.0. The Balaban J connectivity index is 1.64. The molecule has 0 aromatic heterocycles. The van der Waals surface area contributed by atoms with E-state index in [4.69, 9.17) is 32.7 Å². The molecular formula is C24H32Cl2N2O3. The number of carbonyl (C=O) groups excluding carboxylic acids is 1. The van der Waals surface area contributed by atoms with E-state index in [-0.39, 0.29) is 18.1 Å². The first-order valence-electron chi connectivity index (χ1n) is 10.8. The molecule has 5 nitrogen and oxygen atoms in total. The molecule has 1 aliphatic heterocycles. The van der Waals surface area contributed by atoms with E-state index in [0.29, 0.717) is 35.6 Å². The molecule has 2 aliphatic rings. The Morgan fingerprint density at radius 1 is 1.26 bits per heavy atom. The maximum absolute atomic E-state index is 13.2. The summed E-state index contributed by atoms with van der Waals surface area (Å²) in [4.78, 5) is 17.5.